The Bertz CT molecular complexity index is 547. The fourth-order valence-corrected chi connectivity index (χ4v) is 2.19. The fraction of sp³-hybridized carbons (Fsp3) is 0.571. The van der Waals surface area contributed by atoms with Crippen molar-refractivity contribution >= 4 is 17.8 Å². The fourth-order valence-electron chi connectivity index (χ4n) is 2.19. The van der Waals surface area contributed by atoms with Gasteiger partial charge in [-0.25, -0.2) is 14.8 Å². The van der Waals surface area contributed by atoms with E-state index in [1.165, 1.54) is 0 Å². The van der Waals surface area contributed by atoms with Crippen LogP contribution in [0.4, 0.5) is 5.95 Å². The molecule has 1 amide bonds. The van der Waals surface area contributed by atoms with Crippen LogP contribution in [0.1, 0.15) is 36.5 Å². The first-order chi connectivity index (χ1) is 10.0. The third kappa shape index (κ3) is 3.68. The monoisotopic (exact) mass is 292 g/mol. The van der Waals surface area contributed by atoms with Crippen LogP contribution in [-0.4, -0.2) is 47.6 Å². The van der Waals surface area contributed by atoms with Crippen LogP contribution in [0.15, 0.2) is 6.07 Å². The first-order valence-electron chi connectivity index (χ1n) is 7.07. The van der Waals surface area contributed by atoms with E-state index in [9.17, 15) is 9.59 Å². The number of anilines is 1. The number of hydrogen-bond acceptors (Lipinski definition) is 6. The van der Waals surface area contributed by atoms with Gasteiger partial charge in [-0.1, -0.05) is 0 Å². The van der Waals surface area contributed by atoms with E-state index in [-0.39, 0.29) is 17.6 Å². The summed E-state index contributed by atoms with van der Waals surface area (Å²) >= 11 is 0. The van der Waals surface area contributed by atoms with Crippen molar-refractivity contribution in [2.75, 3.05) is 24.6 Å². The van der Waals surface area contributed by atoms with Crippen molar-refractivity contribution in [1.82, 2.24) is 15.3 Å². The number of carbonyl (C=O) groups excluding carboxylic acids is 2. The first-order valence-corrected chi connectivity index (χ1v) is 7.07. The Labute approximate surface area is 123 Å². The maximum absolute atomic E-state index is 11.8. The minimum atomic E-state index is -0.457. The van der Waals surface area contributed by atoms with E-state index in [0.29, 0.717) is 37.8 Å². The smallest absolute Gasteiger partial charge is 0.357 e. The normalized spacial score (nSPS) is 18.9. The molecule has 0 radical (unpaired) electrons. The molecule has 2 rings (SSSR count). The zero-order valence-corrected chi connectivity index (χ0v) is 12.5. The van der Waals surface area contributed by atoms with Crippen LogP contribution in [0.2, 0.25) is 0 Å². The van der Waals surface area contributed by atoms with Gasteiger partial charge in [0.2, 0.25) is 11.9 Å². The summed E-state index contributed by atoms with van der Waals surface area (Å²) in [6, 6.07) is 1.67. The van der Waals surface area contributed by atoms with E-state index in [2.05, 4.69) is 15.3 Å². The second-order valence-electron chi connectivity index (χ2n) is 5.01. The molecule has 1 aliphatic rings. The Morgan fingerprint density at radius 3 is 3.00 bits per heavy atom. The molecule has 1 saturated heterocycles. The van der Waals surface area contributed by atoms with Gasteiger partial charge in [-0.2, -0.15) is 0 Å². The van der Waals surface area contributed by atoms with Crippen molar-refractivity contribution in [1.29, 1.82) is 0 Å². The molecule has 114 valence electrons. The Balaban J connectivity index is 2.29. The van der Waals surface area contributed by atoms with Crippen LogP contribution in [0.25, 0.3) is 0 Å². The predicted molar refractivity (Wildman–Crippen MR) is 77.2 cm³/mol. The van der Waals surface area contributed by atoms with Crippen molar-refractivity contribution in [3.05, 3.63) is 17.5 Å². The summed E-state index contributed by atoms with van der Waals surface area (Å²) in [6.45, 7) is 6.90. The number of hydrogen-bond donors (Lipinski definition) is 1. The molecule has 0 spiro atoms. The number of nitrogens with one attached hydrogen (secondary N) is 1. The maximum atomic E-state index is 11.8. The Kier molecular flexibility index (Phi) is 4.72. The van der Waals surface area contributed by atoms with E-state index < -0.39 is 5.97 Å². The zero-order chi connectivity index (χ0) is 15.4. The van der Waals surface area contributed by atoms with E-state index in [4.69, 9.17) is 4.74 Å². The lowest BCUT2D eigenvalue weighted by molar-refractivity contribution is -0.120. The summed E-state index contributed by atoms with van der Waals surface area (Å²) in [4.78, 5) is 33.9. The molecule has 2 heterocycles. The van der Waals surface area contributed by atoms with Crippen LogP contribution >= 0.6 is 0 Å². The topological polar surface area (TPSA) is 84.4 Å². The van der Waals surface area contributed by atoms with Crippen LogP contribution in [0.3, 0.4) is 0 Å². The van der Waals surface area contributed by atoms with Crippen molar-refractivity contribution in [3.8, 4) is 0 Å². The number of nitrogens with zero attached hydrogens (tertiary/aromatic N) is 3. The van der Waals surface area contributed by atoms with Gasteiger partial charge in [0.05, 0.1) is 6.61 Å². The highest BCUT2D eigenvalue weighted by Crippen LogP contribution is 2.16. The molecule has 7 heteroatoms. The molecule has 0 bridgehead atoms. The lowest BCUT2D eigenvalue weighted by Crippen LogP contribution is -2.39. The third-order valence-corrected chi connectivity index (χ3v) is 3.29. The summed E-state index contributed by atoms with van der Waals surface area (Å²) in [5.74, 6) is 0.0191. The molecule has 0 saturated carbocycles. The van der Waals surface area contributed by atoms with Crippen molar-refractivity contribution in [2.45, 2.75) is 33.2 Å². The second kappa shape index (κ2) is 6.51. The first kappa shape index (κ1) is 15.2. The van der Waals surface area contributed by atoms with Gasteiger partial charge in [-0.15, -0.1) is 0 Å². The number of carbonyl (C=O) groups is 2. The molecule has 0 aromatic carbocycles. The molecule has 1 aliphatic heterocycles. The molecular formula is C14H20N4O3. The molecule has 1 atom stereocenters. The number of aromatic nitrogens is 2. The lowest BCUT2D eigenvalue weighted by Gasteiger charge is -2.26. The van der Waals surface area contributed by atoms with E-state index >= 15 is 0 Å². The highest BCUT2D eigenvalue weighted by atomic mass is 16.5. The van der Waals surface area contributed by atoms with Crippen molar-refractivity contribution < 1.29 is 14.3 Å². The molecule has 0 aliphatic carbocycles. The summed E-state index contributed by atoms with van der Waals surface area (Å²) in [5.41, 5.74) is 0.939. The number of rotatable bonds is 3. The van der Waals surface area contributed by atoms with E-state index in [1.807, 2.05) is 11.8 Å². The van der Waals surface area contributed by atoms with Gasteiger partial charge >= 0.3 is 5.97 Å². The number of esters is 1. The predicted octanol–water partition coefficient (Wildman–Crippen LogP) is 0.677. The minimum Gasteiger partial charge on any atom is -0.461 e. The standard InChI is InChI=1S/C14H20N4O3/c1-4-21-13(20)11-7-9(2)16-14(17-11)18-6-5-12(19)15-8-10(18)3/h7,10H,4-6,8H2,1-3H3,(H,15,19)/t10-/m1/s1. The summed E-state index contributed by atoms with van der Waals surface area (Å²) in [6.07, 6.45) is 0.385. The Morgan fingerprint density at radius 2 is 2.29 bits per heavy atom. The summed E-state index contributed by atoms with van der Waals surface area (Å²) in [5, 5.41) is 2.84. The Morgan fingerprint density at radius 1 is 1.52 bits per heavy atom. The van der Waals surface area contributed by atoms with Gasteiger partial charge in [0.15, 0.2) is 5.69 Å². The average molecular weight is 292 g/mol. The SMILES string of the molecule is CCOC(=O)c1cc(C)nc(N2CCC(=O)NC[C@H]2C)n1. The molecule has 1 aromatic rings. The summed E-state index contributed by atoms with van der Waals surface area (Å²) in [7, 11) is 0. The van der Waals surface area contributed by atoms with Gasteiger partial charge in [-0.3, -0.25) is 4.79 Å². The van der Waals surface area contributed by atoms with Gasteiger partial charge in [0, 0.05) is 31.2 Å². The van der Waals surface area contributed by atoms with Crippen LogP contribution in [0.5, 0.6) is 0 Å². The molecule has 1 aromatic heterocycles. The van der Waals surface area contributed by atoms with Crippen LogP contribution < -0.4 is 10.2 Å². The molecule has 21 heavy (non-hydrogen) atoms. The van der Waals surface area contributed by atoms with Crippen molar-refractivity contribution in [2.24, 2.45) is 0 Å². The van der Waals surface area contributed by atoms with Gasteiger partial charge < -0.3 is 15.0 Å². The lowest BCUT2D eigenvalue weighted by atomic mass is 10.3. The molecule has 0 unspecified atom stereocenters. The van der Waals surface area contributed by atoms with Crippen LogP contribution in [0, 0.1) is 6.92 Å². The number of ether oxygens (including phenoxy) is 1. The van der Waals surface area contributed by atoms with Gasteiger partial charge in [-0.05, 0) is 26.8 Å². The highest BCUT2D eigenvalue weighted by Gasteiger charge is 2.23. The van der Waals surface area contributed by atoms with Crippen LogP contribution in [-0.2, 0) is 9.53 Å². The average Bonchev–Trinajstić information content (AvgIpc) is 2.60. The largest absolute Gasteiger partial charge is 0.461 e. The van der Waals surface area contributed by atoms with Gasteiger partial charge in [0.1, 0.15) is 0 Å². The van der Waals surface area contributed by atoms with Gasteiger partial charge in [0.25, 0.3) is 0 Å². The summed E-state index contributed by atoms with van der Waals surface area (Å²) < 4.78 is 4.98. The Hall–Kier alpha value is -2.18. The molecule has 1 N–H and O–H groups in total. The van der Waals surface area contributed by atoms with E-state index in [0.717, 1.165) is 0 Å². The number of amides is 1. The quantitative estimate of drug-likeness (QED) is 0.825. The van der Waals surface area contributed by atoms with Crippen molar-refractivity contribution in [3.63, 3.8) is 0 Å². The molecular weight excluding hydrogens is 272 g/mol. The highest BCUT2D eigenvalue weighted by molar-refractivity contribution is 5.87. The van der Waals surface area contributed by atoms with E-state index in [1.54, 1.807) is 19.9 Å². The third-order valence-electron chi connectivity index (χ3n) is 3.29. The number of aryl methyl sites for hydroxylation is 1. The molecule has 1 fully saturated rings. The maximum Gasteiger partial charge on any atom is 0.357 e. The zero-order valence-electron chi connectivity index (χ0n) is 12.5. The molecule has 7 nitrogen and oxygen atoms in total. The second-order valence-corrected chi connectivity index (χ2v) is 5.01. The minimum absolute atomic E-state index is 0.0163.